The largest absolute Gasteiger partial charge is 0.444 e. The summed E-state index contributed by atoms with van der Waals surface area (Å²) in [4.78, 5) is 64.9. The van der Waals surface area contributed by atoms with Gasteiger partial charge in [-0.3, -0.25) is 19.2 Å². The van der Waals surface area contributed by atoms with Gasteiger partial charge in [0, 0.05) is 25.0 Å². The maximum atomic E-state index is 13.7. The Morgan fingerprint density at radius 1 is 0.809 bits per heavy atom. The summed E-state index contributed by atoms with van der Waals surface area (Å²) in [6, 6.07) is -3.88. The molecule has 1 fully saturated rings. The third-order valence-corrected chi connectivity index (χ3v) is 7.29. The normalized spacial score (nSPS) is 18.3. The van der Waals surface area contributed by atoms with Gasteiger partial charge in [0.2, 0.25) is 23.6 Å². The molecular formula is C34H57N5O8. The molecule has 0 aromatic carbocycles. The summed E-state index contributed by atoms with van der Waals surface area (Å²) in [6.45, 7) is 21.9. The smallest absolute Gasteiger partial charge is 0.408 e. The van der Waals surface area contributed by atoms with Gasteiger partial charge in [-0.1, -0.05) is 25.2 Å². The highest BCUT2D eigenvalue weighted by molar-refractivity contribution is 5.91. The highest BCUT2D eigenvalue weighted by atomic mass is 16.6. The monoisotopic (exact) mass is 663 g/mol. The quantitative estimate of drug-likeness (QED) is 0.107. The molecule has 5 amide bonds. The van der Waals surface area contributed by atoms with Gasteiger partial charge in [-0.25, -0.2) is 4.79 Å². The molecule has 0 aromatic heterocycles. The third-order valence-electron chi connectivity index (χ3n) is 7.29. The van der Waals surface area contributed by atoms with Crippen molar-refractivity contribution in [1.29, 1.82) is 0 Å². The number of aliphatic hydroxyl groups excluding tert-OH is 1. The number of ether oxygens (including phenoxy) is 2. The molecule has 266 valence electrons. The number of rotatable bonds is 20. The van der Waals surface area contributed by atoms with Crippen LogP contribution in [0.1, 0.15) is 86.5 Å². The molecule has 13 nitrogen and oxygen atoms in total. The topological polar surface area (TPSA) is 184 Å². The summed E-state index contributed by atoms with van der Waals surface area (Å²) in [5.41, 5.74) is -0.781. The first-order valence-electron chi connectivity index (χ1n) is 16.3. The Hall–Kier alpha value is -3.71. The summed E-state index contributed by atoms with van der Waals surface area (Å²) in [7, 11) is 0. The summed E-state index contributed by atoms with van der Waals surface area (Å²) < 4.78 is 11.0. The Balaban J connectivity index is 3.04. The average Bonchev–Trinajstić information content (AvgIpc) is 3.47. The van der Waals surface area contributed by atoms with E-state index >= 15 is 0 Å². The molecule has 1 saturated heterocycles. The van der Waals surface area contributed by atoms with Crippen molar-refractivity contribution in [1.82, 2.24) is 26.6 Å². The van der Waals surface area contributed by atoms with Crippen molar-refractivity contribution in [3.8, 4) is 0 Å². The standard InChI is InChI=1S/C34H57N5O8/c1-10-14-24(28(40)19-22(6)29(41)37-25(15-11-2)30(42)35-21(4)5)36-32(44)27(20-23-17-13-18-46-23)38-31(43)26(16-12-3)39-33(45)47-34(7,8)9/h10-12,21-28,40H,1-3,13-20H2,4-9H3,(H,35,42)(H,36,44)(H,37,41)(H,38,43)(H,39,45)/t22-,23?,24+,25+,26+,27+,28+/m1/s1. The molecule has 1 aliphatic heterocycles. The van der Waals surface area contributed by atoms with Gasteiger partial charge >= 0.3 is 6.09 Å². The van der Waals surface area contributed by atoms with Crippen molar-refractivity contribution < 1.29 is 38.6 Å². The van der Waals surface area contributed by atoms with Crippen LogP contribution in [0.15, 0.2) is 38.0 Å². The molecule has 1 unspecified atom stereocenters. The Morgan fingerprint density at radius 2 is 1.34 bits per heavy atom. The van der Waals surface area contributed by atoms with Crippen LogP contribution in [0.2, 0.25) is 0 Å². The fraction of sp³-hybridized carbons (Fsp3) is 0.676. The van der Waals surface area contributed by atoms with E-state index in [0.29, 0.717) is 13.0 Å². The predicted octanol–water partition coefficient (Wildman–Crippen LogP) is 2.54. The minimum atomic E-state index is -1.17. The lowest BCUT2D eigenvalue weighted by Crippen LogP contribution is -2.57. The molecule has 1 heterocycles. The van der Waals surface area contributed by atoms with E-state index in [1.165, 1.54) is 12.2 Å². The Labute approximate surface area is 279 Å². The molecule has 13 heteroatoms. The van der Waals surface area contributed by atoms with Crippen molar-refractivity contribution >= 4 is 29.7 Å². The Bertz CT molecular complexity index is 1080. The molecule has 0 spiro atoms. The second kappa shape index (κ2) is 20.5. The number of alkyl carbamates (subject to hydrolysis) is 1. The maximum absolute atomic E-state index is 13.7. The van der Waals surface area contributed by atoms with Gasteiger partial charge in [0.15, 0.2) is 0 Å². The van der Waals surface area contributed by atoms with Crippen molar-refractivity contribution in [2.45, 2.75) is 135 Å². The number of hydrogen-bond acceptors (Lipinski definition) is 8. The van der Waals surface area contributed by atoms with Crippen LogP contribution in [-0.2, 0) is 28.7 Å². The molecule has 0 bridgehead atoms. The van der Waals surface area contributed by atoms with Crippen molar-refractivity contribution in [3.05, 3.63) is 38.0 Å². The molecule has 0 radical (unpaired) electrons. The van der Waals surface area contributed by atoms with Gasteiger partial charge in [0.05, 0.1) is 18.2 Å². The number of aliphatic hydroxyl groups is 1. The van der Waals surface area contributed by atoms with Crippen LogP contribution < -0.4 is 26.6 Å². The first-order valence-corrected chi connectivity index (χ1v) is 16.3. The van der Waals surface area contributed by atoms with Crippen LogP contribution in [0.25, 0.3) is 0 Å². The van der Waals surface area contributed by atoms with Crippen LogP contribution in [-0.4, -0.2) is 89.5 Å². The van der Waals surface area contributed by atoms with Gasteiger partial charge in [-0.15, -0.1) is 19.7 Å². The third kappa shape index (κ3) is 16.1. The number of carbonyl (C=O) groups excluding carboxylic acids is 5. The maximum Gasteiger partial charge on any atom is 0.408 e. The van der Waals surface area contributed by atoms with Crippen molar-refractivity contribution in [2.24, 2.45) is 5.92 Å². The molecule has 0 aliphatic carbocycles. The SMILES string of the molecule is C=CC[C@H](NC(=O)OC(C)(C)C)C(=O)N[C@@H](CC1CCCO1)C(=O)N[C@@H](CC=C)[C@@H](O)C[C@@H](C)C(=O)N[C@@H](CC=C)C(=O)NC(C)C. The second-order valence-electron chi connectivity index (χ2n) is 13.2. The Morgan fingerprint density at radius 3 is 1.85 bits per heavy atom. The van der Waals surface area contributed by atoms with E-state index in [4.69, 9.17) is 9.47 Å². The fourth-order valence-corrected chi connectivity index (χ4v) is 4.95. The zero-order valence-electron chi connectivity index (χ0n) is 28.9. The summed E-state index contributed by atoms with van der Waals surface area (Å²) >= 11 is 0. The zero-order valence-corrected chi connectivity index (χ0v) is 28.9. The number of hydrogen-bond donors (Lipinski definition) is 6. The minimum absolute atomic E-state index is 0.0266. The second-order valence-corrected chi connectivity index (χ2v) is 13.2. The summed E-state index contributed by atoms with van der Waals surface area (Å²) in [5, 5.41) is 24.7. The van der Waals surface area contributed by atoms with Crippen LogP contribution >= 0.6 is 0 Å². The Kier molecular flexibility index (Phi) is 18.0. The van der Waals surface area contributed by atoms with Gasteiger partial charge in [-0.2, -0.15) is 0 Å². The van der Waals surface area contributed by atoms with Gasteiger partial charge in [0.1, 0.15) is 23.7 Å². The number of nitrogens with one attached hydrogen (secondary N) is 5. The van der Waals surface area contributed by atoms with Crippen LogP contribution in [0.3, 0.4) is 0 Å². The van der Waals surface area contributed by atoms with E-state index in [0.717, 1.165) is 6.42 Å². The first-order chi connectivity index (χ1) is 22.0. The highest BCUT2D eigenvalue weighted by Gasteiger charge is 2.34. The van der Waals surface area contributed by atoms with Crippen LogP contribution in [0.5, 0.6) is 0 Å². The molecule has 6 N–H and O–H groups in total. The molecule has 0 aromatic rings. The lowest BCUT2D eigenvalue weighted by molar-refractivity contribution is -0.132. The molecule has 1 rings (SSSR count). The van der Waals surface area contributed by atoms with E-state index in [2.05, 4.69) is 46.3 Å². The average molecular weight is 664 g/mol. The molecule has 7 atom stereocenters. The fourth-order valence-electron chi connectivity index (χ4n) is 4.95. The number of amides is 5. The molecule has 47 heavy (non-hydrogen) atoms. The number of carbonyl (C=O) groups is 5. The molecular weight excluding hydrogens is 606 g/mol. The van der Waals surface area contributed by atoms with E-state index in [-0.39, 0.29) is 50.2 Å². The lowest BCUT2D eigenvalue weighted by atomic mass is 9.95. The van der Waals surface area contributed by atoms with Crippen molar-refractivity contribution in [2.75, 3.05) is 6.61 Å². The van der Waals surface area contributed by atoms with E-state index in [1.807, 2.05) is 13.8 Å². The molecule has 0 saturated carbocycles. The zero-order chi connectivity index (χ0) is 35.7. The molecule has 1 aliphatic rings. The first kappa shape index (κ1) is 41.3. The highest BCUT2D eigenvalue weighted by Crippen LogP contribution is 2.19. The van der Waals surface area contributed by atoms with E-state index in [9.17, 15) is 29.1 Å². The minimum Gasteiger partial charge on any atom is -0.444 e. The van der Waals surface area contributed by atoms with Gasteiger partial charge < -0.3 is 41.2 Å². The summed E-state index contributed by atoms with van der Waals surface area (Å²) in [5.74, 6) is -2.67. The van der Waals surface area contributed by atoms with Crippen LogP contribution in [0, 0.1) is 5.92 Å². The van der Waals surface area contributed by atoms with E-state index < -0.39 is 65.6 Å². The van der Waals surface area contributed by atoms with Gasteiger partial charge in [0.25, 0.3) is 0 Å². The van der Waals surface area contributed by atoms with Crippen molar-refractivity contribution in [3.63, 3.8) is 0 Å². The van der Waals surface area contributed by atoms with E-state index in [1.54, 1.807) is 33.8 Å². The lowest BCUT2D eigenvalue weighted by Gasteiger charge is -2.29. The predicted molar refractivity (Wildman–Crippen MR) is 180 cm³/mol. The van der Waals surface area contributed by atoms with Crippen LogP contribution in [0.4, 0.5) is 4.79 Å². The summed E-state index contributed by atoms with van der Waals surface area (Å²) in [6.07, 6.45) is 4.48. The van der Waals surface area contributed by atoms with Gasteiger partial charge in [-0.05, 0) is 73.1 Å².